The van der Waals surface area contributed by atoms with E-state index in [0.29, 0.717) is 10.8 Å². The standard InChI is InChI=1S/C13H13NO2S2/c1-10-9-14(12-6-3-2-5-11(10)12)18(15,16)13-7-4-8-17-13/h2-8,10H,9H2,1H3. The van der Waals surface area contributed by atoms with Crippen LogP contribution in [-0.2, 0) is 10.0 Å². The van der Waals surface area contributed by atoms with Crippen LogP contribution in [0.2, 0.25) is 0 Å². The largest absolute Gasteiger partial charge is 0.273 e. The lowest BCUT2D eigenvalue weighted by atomic mass is 10.0. The predicted molar refractivity (Wildman–Crippen MR) is 73.7 cm³/mol. The number of benzene rings is 1. The average molecular weight is 279 g/mol. The molecule has 1 aromatic heterocycles. The zero-order valence-corrected chi connectivity index (χ0v) is 11.5. The minimum Gasteiger partial charge on any atom is -0.265 e. The Kier molecular flexibility index (Phi) is 2.68. The fourth-order valence-electron chi connectivity index (χ4n) is 2.32. The fraction of sp³-hybridized carbons (Fsp3) is 0.231. The van der Waals surface area contributed by atoms with E-state index in [-0.39, 0.29) is 5.92 Å². The van der Waals surface area contributed by atoms with Crippen molar-refractivity contribution in [3.05, 3.63) is 47.3 Å². The third-order valence-corrected chi connectivity index (χ3v) is 6.37. The number of hydrogen-bond acceptors (Lipinski definition) is 3. The molecule has 2 aromatic rings. The molecule has 0 spiro atoms. The highest BCUT2D eigenvalue weighted by Crippen LogP contribution is 2.39. The first kappa shape index (κ1) is 11.7. The first-order valence-electron chi connectivity index (χ1n) is 5.76. The van der Waals surface area contributed by atoms with Crippen LogP contribution in [-0.4, -0.2) is 15.0 Å². The molecule has 0 saturated carbocycles. The number of anilines is 1. The van der Waals surface area contributed by atoms with E-state index in [1.165, 1.54) is 15.6 Å². The van der Waals surface area contributed by atoms with Crippen LogP contribution in [0.3, 0.4) is 0 Å². The molecule has 0 aliphatic carbocycles. The van der Waals surface area contributed by atoms with Gasteiger partial charge in [0.2, 0.25) is 0 Å². The second-order valence-corrected chi connectivity index (χ2v) is 7.46. The highest BCUT2D eigenvalue weighted by Gasteiger charge is 2.34. The monoisotopic (exact) mass is 279 g/mol. The Morgan fingerprint density at radius 3 is 2.72 bits per heavy atom. The summed E-state index contributed by atoms with van der Waals surface area (Å²) in [6, 6.07) is 11.1. The van der Waals surface area contributed by atoms with Crippen molar-refractivity contribution in [2.24, 2.45) is 0 Å². The lowest BCUT2D eigenvalue weighted by Gasteiger charge is -2.18. The molecule has 0 bridgehead atoms. The highest BCUT2D eigenvalue weighted by atomic mass is 32.2. The molecule has 18 heavy (non-hydrogen) atoms. The van der Waals surface area contributed by atoms with Crippen molar-refractivity contribution in [1.82, 2.24) is 0 Å². The van der Waals surface area contributed by atoms with Gasteiger partial charge in [0.1, 0.15) is 4.21 Å². The summed E-state index contributed by atoms with van der Waals surface area (Å²) in [4.78, 5) is 0. The smallest absolute Gasteiger partial charge is 0.265 e. The van der Waals surface area contributed by atoms with Gasteiger partial charge in [-0.05, 0) is 23.1 Å². The van der Waals surface area contributed by atoms with Crippen LogP contribution in [0.1, 0.15) is 18.4 Å². The van der Waals surface area contributed by atoms with E-state index in [0.717, 1.165) is 11.3 Å². The molecule has 1 atom stereocenters. The highest BCUT2D eigenvalue weighted by molar-refractivity contribution is 7.94. The SMILES string of the molecule is CC1CN(S(=O)(=O)c2cccs2)c2ccccc21. The molecule has 0 N–H and O–H groups in total. The summed E-state index contributed by atoms with van der Waals surface area (Å²) in [5.74, 6) is 0.246. The summed E-state index contributed by atoms with van der Waals surface area (Å²) >= 11 is 1.26. The van der Waals surface area contributed by atoms with Crippen molar-refractivity contribution in [1.29, 1.82) is 0 Å². The third-order valence-electron chi connectivity index (χ3n) is 3.22. The molecule has 1 unspecified atom stereocenters. The molecular weight excluding hydrogens is 266 g/mol. The van der Waals surface area contributed by atoms with Gasteiger partial charge >= 0.3 is 0 Å². The second kappa shape index (κ2) is 4.10. The molecule has 1 aromatic carbocycles. The summed E-state index contributed by atoms with van der Waals surface area (Å²) in [5, 5.41) is 1.79. The number of sulfonamides is 1. The van der Waals surface area contributed by atoms with Crippen molar-refractivity contribution in [3.63, 3.8) is 0 Å². The number of rotatable bonds is 2. The summed E-state index contributed by atoms with van der Waals surface area (Å²) in [5.41, 5.74) is 1.93. The van der Waals surface area contributed by atoms with E-state index in [1.54, 1.807) is 17.5 Å². The van der Waals surface area contributed by atoms with Crippen molar-refractivity contribution in [2.45, 2.75) is 17.1 Å². The van der Waals surface area contributed by atoms with Gasteiger partial charge in [0.15, 0.2) is 0 Å². The van der Waals surface area contributed by atoms with Gasteiger partial charge in [-0.2, -0.15) is 0 Å². The molecule has 2 heterocycles. The average Bonchev–Trinajstić information content (AvgIpc) is 2.98. The van der Waals surface area contributed by atoms with Crippen LogP contribution in [0.25, 0.3) is 0 Å². The molecule has 0 radical (unpaired) electrons. The summed E-state index contributed by atoms with van der Waals surface area (Å²) in [6.07, 6.45) is 0. The van der Waals surface area contributed by atoms with E-state index in [1.807, 2.05) is 24.3 Å². The van der Waals surface area contributed by atoms with Gasteiger partial charge in [-0.3, -0.25) is 4.31 Å². The second-order valence-electron chi connectivity index (χ2n) is 4.43. The number of hydrogen-bond donors (Lipinski definition) is 0. The Morgan fingerprint density at radius 1 is 1.22 bits per heavy atom. The number of para-hydroxylation sites is 1. The van der Waals surface area contributed by atoms with Crippen LogP contribution in [0.15, 0.2) is 46.0 Å². The third kappa shape index (κ3) is 1.66. The minimum atomic E-state index is -3.39. The van der Waals surface area contributed by atoms with Crippen molar-refractivity contribution in [2.75, 3.05) is 10.8 Å². The molecule has 0 amide bonds. The maximum absolute atomic E-state index is 12.5. The number of nitrogens with zero attached hydrogens (tertiary/aromatic N) is 1. The molecule has 1 aliphatic rings. The topological polar surface area (TPSA) is 37.4 Å². The van der Waals surface area contributed by atoms with Crippen LogP contribution in [0.5, 0.6) is 0 Å². The summed E-state index contributed by atoms with van der Waals surface area (Å²) in [7, 11) is -3.39. The lowest BCUT2D eigenvalue weighted by Crippen LogP contribution is -2.29. The number of thiophene rings is 1. The van der Waals surface area contributed by atoms with Gasteiger partial charge in [-0.15, -0.1) is 11.3 Å². The zero-order chi connectivity index (χ0) is 12.8. The minimum absolute atomic E-state index is 0.246. The van der Waals surface area contributed by atoms with Crippen LogP contribution in [0, 0.1) is 0 Å². The first-order chi connectivity index (χ1) is 8.60. The fourth-order valence-corrected chi connectivity index (χ4v) is 5.01. The summed E-state index contributed by atoms with van der Waals surface area (Å²) in [6.45, 7) is 2.59. The Morgan fingerprint density at radius 2 is 2.00 bits per heavy atom. The van der Waals surface area contributed by atoms with Gasteiger partial charge in [0, 0.05) is 12.5 Å². The van der Waals surface area contributed by atoms with Gasteiger partial charge in [0.05, 0.1) is 5.69 Å². The Balaban J connectivity index is 2.11. The van der Waals surface area contributed by atoms with Crippen LogP contribution < -0.4 is 4.31 Å². The van der Waals surface area contributed by atoms with E-state index in [2.05, 4.69) is 6.92 Å². The van der Waals surface area contributed by atoms with Gasteiger partial charge in [0.25, 0.3) is 10.0 Å². The Bertz CT molecular complexity index is 662. The maximum atomic E-state index is 12.5. The van der Waals surface area contributed by atoms with Gasteiger partial charge in [-0.1, -0.05) is 31.2 Å². The molecule has 3 nitrogen and oxygen atoms in total. The molecule has 94 valence electrons. The van der Waals surface area contributed by atoms with Crippen molar-refractivity contribution >= 4 is 27.0 Å². The maximum Gasteiger partial charge on any atom is 0.273 e. The van der Waals surface area contributed by atoms with Gasteiger partial charge < -0.3 is 0 Å². The molecule has 0 fully saturated rings. The van der Waals surface area contributed by atoms with E-state index < -0.39 is 10.0 Å². The molecular formula is C13H13NO2S2. The predicted octanol–water partition coefficient (Wildman–Crippen LogP) is 3.06. The molecule has 5 heteroatoms. The van der Waals surface area contributed by atoms with Crippen molar-refractivity contribution < 1.29 is 8.42 Å². The zero-order valence-electron chi connectivity index (χ0n) is 9.91. The van der Waals surface area contributed by atoms with Crippen LogP contribution >= 0.6 is 11.3 Å². The molecule has 1 aliphatic heterocycles. The van der Waals surface area contributed by atoms with Gasteiger partial charge in [-0.25, -0.2) is 8.42 Å². The van der Waals surface area contributed by atoms with E-state index >= 15 is 0 Å². The first-order valence-corrected chi connectivity index (χ1v) is 8.08. The Hall–Kier alpha value is -1.33. The number of fused-ring (bicyclic) bond motifs is 1. The van der Waals surface area contributed by atoms with Crippen molar-refractivity contribution in [3.8, 4) is 0 Å². The quantitative estimate of drug-likeness (QED) is 0.847. The Labute approximate surface area is 111 Å². The molecule has 3 rings (SSSR count). The lowest BCUT2D eigenvalue weighted by molar-refractivity contribution is 0.592. The van der Waals surface area contributed by atoms with E-state index in [4.69, 9.17) is 0 Å². The summed E-state index contributed by atoms with van der Waals surface area (Å²) < 4.78 is 27.0. The van der Waals surface area contributed by atoms with E-state index in [9.17, 15) is 8.42 Å². The van der Waals surface area contributed by atoms with Crippen LogP contribution in [0.4, 0.5) is 5.69 Å². The molecule has 0 saturated heterocycles. The normalized spacial score (nSPS) is 18.9.